The lowest BCUT2D eigenvalue weighted by Gasteiger charge is -2.05. The first-order valence-electron chi connectivity index (χ1n) is 7.42. The average molecular weight is 289 g/mol. The van der Waals surface area contributed by atoms with Crippen LogP contribution in [0, 0.1) is 0 Å². The molecular weight excluding hydrogens is 274 g/mol. The molecule has 1 nitrogen and oxygen atoms in total. The van der Waals surface area contributed by atoms with Crippen LogP contribution in [0.4, 0.5) is 0 Å². The van der Waals surface area contributed by atoms with Crippen LogP contribution in [0.5, 0.6) is 0 Å². The molecule has 0 saturated carbocycles. The van der Waals surface area contributed by atoms with Crippen molar-refractivity contribution < 1.29 is 0 Å². The lowest BCUT2D eigenvalue weighted by molar-refractivity contribution is 1.01. The monoisotopic (exact) mass is 289 g/mol. The molecule has 102 valence electrons. The van der Waals surface area contributed by atoms with Gasteiger partial charge in [0.25, 0.3) is 0 Å². The lowest BCUT2D eigenvalue weighted by Crippen LogP contribution is -1.90. The second kappa shape index (κ2) is 3.99. The molecule has 0 radical (unpaired) electrons. The molecule has 0 fully saturated rings. The Morgan fingerprint density at radius 3 is 2.90 bits per heavy atom. The molecule has 0 bridgehead atoms. The Hall–Kier alpha value is -2.06. The number of hydrogen-bond acceptors (Lipinski definition) is 1. The summed E-state index contributed by atoms with van der Waals surface area (Å²) in [6.07, 6.45) is 7.01. The molecule has 1 aliphatic rings. The van der Waals surface area contributed by atoms with Crippen molar-refractivity contribution in [2.75, 3.05) is 0 Å². The number of aromatic nitrogens is 1. The van der Waals surface area contributed by atoms with E-state index in [2.05, 4.69) is 60.2 Å². The molecular formula is C19H15NS. The fourth-order valence-electron chi connectivity index (χ4n) is 3.70. The molecule has 2 aromatic heterocycles. The highest BCUT2D eigenvalue weighted by atomic mass is 32.1. The molecule has 21 heavy (non-hydrogen) atoms. The van der Waals surface area contributed by atoms with Crippen molar-refractivity contribution in [3.8, 4) is 0 Å². The third-order valence-electron chi connectivity index (χ3n) is 4.66. The highest BCUT2D eigenvalue weighted by Crippen LogP contribution is 2.42. The molecule has 2 heterocycles. The summed E-state index contributed by atoms with van der Waals surface area (Å²) < 4.78 is 3.78. The molecule has 5 rings (SSSR count). The predicted molar refractivity (Wildman–Crippen MR) is 93.2 cm³/mol. The van der Waals surface area contributed by atoms with Gasteiger partial charge >= 0.3 is 0 Å². The van der Waals surface area contributed by atoms with Gasteiger partial charge in [-0.2, -0.15) is 0 Å². The largest absolute Gasteiger partial charge is 0.343 e. The summed E-state index contributed by atoms with van der Waals surface area (Å²) in [6.45, 7) is 0. The van der Waals surface area contributed by atoms with E-state index in [4.69, 9.17) is 0 Å². The third kappa shape index (κ3) is 1.41. The van der Waals surface area contributed by atoms with E-state index in [1.54, 1.807) is 4.88 Å². The zero-order valence-electron chi connectivity index (χ0n) is 11.9. The number of aryl methyl sites for hydroxylation is 2. The van der Waals surface area contributed by atoms with Crippen molar-refractivity contribution in [1.82, 2.24) is 4.57 Å². The maximum atomic E-state index is 2.36. The van der Waals surface area contributed by atoms with Crippen molar-refractivity contribution in [2.24, 2.45) is 7.05 Å². The number of rotatable bonds is 0. The number of thiophene rings is 1. The minimum Gasteiger partial charge on any atom is -0.343 e. The van der Waals surface area contributed by atoms with E-state index in [0.717, 1.165) is 0 Å². The van der Waals surface area contributed by atoms with Crippen LogP contribution in [0.15, 0.2) is 42.5 Å². The second-order valence-electron chi connectivity index (χ2n) is 5.79. The summed E-state index contributed by atoms with van der Waals surface area (Å²) in [6, 6.07) is 13.3. The van der Waals surface area contributed by atoms with Gasteiger partial charge in [-0.1, -0.05) is 36.4 Å². The number of allylic oxidation sites excluding steroid dienone is 1. The van der Waals surface area contributed by atoms with Gasteiger partial charge < -0.3 is 4.57 Å². The van der Waals surface area contributed by atoms with Crippen LogP contribution in [-0.4, -0.2) is 4.57 Å². The number of para-hydroxylation sites is 1. The van der Waals surface area contributed by atoms with E-state index in [1.165, 1.54) is 50.3 Å². The van der Waals surface area contributed by atoms with Crippen LogP contribution >= 0.6 is 11.3 Å². The van der Waals surface area contributed by atoms with Crippen LogP contribution in [0.3, 0.4) is 0 Å². The standard InChI is InChI=1S/C19H15NS/c1-20-15-8-4-2-6-12(15)13-10-11-17-18(19(13)20)14-7-3-5-9-16(14)21-17/h2-4,6-8,10-11H,5,9H2,1H3. The maximum absolute atomic E-state index is 2.36. The van der Waals surface area contributed by atoms with Gasteiger partial charge in [-0.05, 0) is 30.5 Å². The molecule has 0 atom stereocenters. The first-order chi connectivity index (χ1) is 10.3. The third-order valence-corrected chi connectivity index (χ3v) is 5.89. The molecule has 0 saturated heterocycles. The summed E-state index contributed by atoms with van der Waals surface area (Å²) in [5.41, 5.74) is 4.16. The molecule has 0 spiro atoms. The van der Waals surface area contributed by atoms with Crippen molar-refractivity contribution in [3.63, 3.8) is 0 Å². The zero-order chi connectivity index (χ0) is 14.0. The van der Waals surface area contributed by atoms with E-state index in [9.17, 15) is 0 Å². The maximum Gasteiger partial charge on any atom is 0.0583 e. The number of hydrogen-bond donors (Lipinski definition) is 0. The van der Waals surface area contributed by atoms with Gasteiger partial charge in [0.2, 0.25) is 0 Å². The summed E-state index contributed by atoms with van der Waals surface area (Å²) in [5.74, 6) is 0. The summed E-state index contributed by atoms with van der Waals surface area (Å²) >= 11 is 1.97. The Kier molecular flexibility index (Phi) is 2.20. The van der Waals surface area contributed by atoms with Gasteiger partial charge in [-0.25, -0.2) is 0 Å². The Morgan fingerprint density at radius 2 is 1.95 bits per heavy atom. The van der Waals surface area contributed by atoms with Crippen LogP contribution in [-0.2, 0) is 13.5 Å². The molecule has 2 heteroatoms. The summed E-state index contributed by atoms with van der Waals surface area (Å²) in [4.78, 5) is 1.55. The van der Waals surface area contributed by atoms with Crippen molar-refractivity contribution in [2.45, 2.75) is 12.8 Å². The highest BCUT2D eigenvalue weighted by molar-refractivity contribution is 7.19. The van der Waals surface area contributed by atoms with Gasteiger partial charge in [0.1, 0.15) is 0 Å². The topological polar surface area (TPSA) is 4.93 Å². The van der Waals surface area contributed by atoms with E-state index in [-0.39, 0.29) is 0 Å². The van der Waals surface area contributed by atoms with Crippen LogP contribution in [0.2, 0.25) is 0 Å². The zero-order valence-corrected chi connectivity index (χ0v) is 12.7. The lowest BCUT2D eigenvalue weighted by atomic mass is 10.0. The van der Waals surface area contributed by atoms with Crippen LogP contribution < -0.4 is 0 Å². The molecule has 1 aliphatic carbocycles. The van der Waals surface area contributed by atoms with Gasteiger partial charge in [0.05, 0.1) is 5.52 Å². The first kappa shape index (κ1) is 11.6. The van der Waals surface area contributed by atoms with Gasteiger partial charge in [-0.3, -0.25) is 0 Å². The van der Waals surface area contributed by atoms with Crippen molar-refractivity contribution in [3.05, 3.63) is 52.9 Å². The Morgan fingerprint density at radius 1 is 1.05 bits per heavy atom. The van der Waals surface area contributed by atoms with Gasteiger partial charge in [0, 0.05) is 38.3 Å². The van der Waals surface area contributed by atoms with Crippen LogP contribution in [0.1, 0.15) is 16.9 Å². The van der Waals surface area contributed by atoms with E-state index < -0.39 is 0 Å². The molecule has 0 aliphatic heterocycles. The molecule has 4 aromatic rings. The highest BCUT2D eigenvalue weighted by Gasteiger charge is 2.18. The second-order valence-corrected chi connectivity index (χ2v) is 6.93. The quantitative estimate of drug-likeness (QED) is 0.402. The minimum absolute atomic E-state index is 1.18. The fraction of sp³-hybridized carbons (Fsp3) is 0.158. The Labute approximate surface area is 127 Å². The SMILES string of the molecule is Cn1c2ccccc2c2ccc3sc4c(c3c21)C=CCC4. The van der Waals surface area contributed by atoms with Gasteiger partial charge in [-0.15, -0.1) is 11.3 Å². The van der Waals surface area contributed by atoms with Crippen molar-refractivity contribution >= 4 is 49.3 Å². The Balaban J connectivity index is 2.10. The fourth-order valence-corrected chi connectivity index (χ4v) is 4.91. The van der Waals surface area contributed by atoms with E-state index in [0.29, 0.717) is 0 Å². The number of fused-ring (bicyclic) bond motifs is 7. The molecule has 2 aromatic carbocycles. The summed E-state index contributed by atoms with van der Waals surface area (Å²) in [5, 5.41) is 4.18. The normalized spacial score (nSPS) is 14.3. The number of nitrogens with zero attached hydrogens (tertiary/aromatic N) is 1. The summed E-state index contributed by atoms with van der Waals surface area (Å²) in [7, 11) is 2.20. The van der Waals surface area contributed by atoms with E-state index >= 15 is 0 Å². The van der Waals surface area contributed by atoms with E-state index in [1.807, 2.05) is 11.3 Å². The predicted octanol–water partition coefficient (Wildman–Crippen LogP) is 5.51. The number of benzene rings is 2. The first-order valence-corrected chi connectivity index (χ1v) is 8.24. The smallest absolute Gasteiger partial charge is 0.0583 e. The van der Waals surface area contributed by atoms with Gasteiger partial charge in [0.15, 0.2) is 0 Å². The molecule has 0 unspecified atom stereocenters. The Bertz CT molecular complexity index is 1050. The van der Waals surface area contributed by atoms with Crippen LogP contribution in [0.25, 0.3) is 38.0 Å². The minimum atomic E-state index is 1.18. The molecule has 0 N–H and O–H groups in total. The molecule has 0 amide bonds. The average Bonchev–Trinajstić information content (AvgIpc) is 3.04. The van der Waals surface area contributed by atoms with Crippen molar-refractivity contribution in [1.29, 1.82) is 0 Å².